The van der Waals surface area contributed by atoms with Crippen molar-refractivity contribution in [3.8, 4) is 11.5 Å². The van der Waals surface area contributed by atoms with Gasteiger partial charge in [0, 0.05) is 25.0 Å². The molecule has 1 aliphatic heterocycles. The fourth-order valence-electron chi connectivity index (χ4n) is 2.91. The highest BCUT2D eigenvalue weighted by atomic mass is 16.6. The number of aromatic hydroxyl groups is 2. The molecular formula is C18H26N2O5. The van der Waals surface area contributed by atoms with Crippen LogP contribution >= 0.6 is 0 Å². The molecule has 1 heterocycles. The second-order valence-electron chi connectivity index (χ2n) is 6.40. The summed E-state index contributed by atoms with van der Waals surface area (Å²) in [6, 6.07) is 4.63. The van der Waals surface area contributed by atoms with Gasteiger partial charge in [0.25, 0.3) is 0 Å². The van der Waals surface area contributed by atoms with E-state index >= 15 is 0 Å². The van der Waals surface area contributed by atoms with Gasteiger partial charge < -0.3 is 25.2 Å². The molecule has 7 nitrogen and oxygen atoms in total. The minimum atomic E-state index is -0.298. The number of benzene rings is 1. The van der Waals surface area contributed by atoms with E-state index in [1.807, 2.05) is 6.92 Å². The van der Waals surface area contributed by atoms with E-state index in [1.165, 1.54) is 12.1 Å². The zero-order chi connectivity index (χ0) is 18.4. The molecular weight excluding hydrogens is 324 g/mol. The first-order valence-electron chi connectivity index (χ1n) is 8.63. The number of hydrogen-bond donors (Lipinski definition) is 3. The van der Waals surface area contributed by atoms with Crippen LogP contribution < -0.4 is 5.32 Å². The van der Waals surface area contributed by atoms with Crippen molar-refractivity contribution in [2.24, 2.45) is 5.92 Å². The summed E-state index contributed by atoms with van der Waals surface area (Å²) in [7, 11) is 0. The summed E-state index contributed by atoms with van der Waals surface area (Å²) < 4.78 is 4.98. The Kier molecular flexibility index (Phi) is 6.50. The first-order chi connectivity index (χ1) is 11.9. The Morgan fingerprint density at radius 1 is 1.28 bits per heavy atom. The Hall–Kier alpha value is -2.44. The van der Waals surface area contributed by atoms with E-state index in [9.17, 15) is 19.8 Å². The molecule has 1 atom stereocenters. The van der Waals surface area contributed by atoms with Crippen molar-refractivity contribution < 1.29 is 24.5 Å². The Morgan fingerprint density at radius 3 is 2.56 bits per heavy atom. The lowest BCUT2D eigenvalue weighted by molar-refractivity contribution is -0.125. The molecule has 0 aliphatic carbocycles. The predicted molar refractivity (Wildman–Crippen MR) is 92.4 cm³/mol. The molecule has 0 radical (unpaired) electrons. The lowest BCUT2D eigenvalue weighted by Gasteiger charge is -2.32. The molecule has 25 heavy (non-hydrogen) atoms. The zero-order valence-corrected chi connectivity index (χ0v) is 14.7. The summed E-state index contributed by atoms with van der Waals surface area (Å²) in [6.45, 7) is 5.11. The normalized spacial score (nSPS) is 16.3. The fourth-order valence-corrected chi connectivity index (χ4v) is 2.91. The summed E-state index contributed by atoms with van der Waals surface area (Å²) in [5.41, 5.74) is 0.787. The van der Waals surface area contributed by atoms with Crippen molar-refractivity contribution in [1.82, 2.24) is 10.2 Å². The molecule has 0 spiro atoms. The third kappa shape index (κ3) is 5.27. The van der Waals surface area contributed by atoms with Crippen LogP contribution in [0.3, 0.4) is 0 Å². The molecule has 7 heteroatoms. The van der Waals surface area contributed by atoms with Crippen molar-refractivity contribution in [2.75, 3.05) is 19.7 Å². The van der Waals surface area contributed by atoms with Gasteiger partial charge >= 0.3 is 6.09 Å². The molecule has 0 aromatic heterocycles. The maximum atomic E-state index is 12.4. The smallest absolute Gasteiger partial charge is 0.409 e. The van der Waals surface area contributed by atoms with E-state index in [1.54, 1.807) is 17.9 Å². The molecule has 1 aromatic carbocycles. The number of nitrogens with zero attached hydrogens (tertiary/aromatic N) is 1. The van der Waals surface area contributed by atoms with Crippen LogP contribution in [0.15, 0.2) is 18.2 Å². The lowest BCUT2D eigenvalue weighted by atomic mass is 9.98. The number of phenolic OH excluding ortho intramolecular Hbond substituents is 2. The predicted octanol–water partition coefficient (Wildman–Crippen LogP) is 2.01. The summed E-state index contributed by atoms with van der Waals surface area (Å²) in [6.07, 6.45) is 1.59. The number of carbonyl (C=O) groups excluding carboxylic acids is 2. The second kappa shape index (κ2) is 8.60. The Morgan fingerprint density at radius 2 is 1.96 bits per heavy atom. The maximum Gasteiger partial charge on any atom is 0.409 e. The first-order valence-corrected chi connectivity index (χ1v) is 8.63. The Labute approximate surface area is 147 Å². The van der Waals surface area contributed by atoms with Gasteiger partial charge in [0.05, 0.1) is 6.61 Å². The molecule has 2 amide bonds. The van der Waals surface area contributed by atoms with Crippen molar-refractivity contribution in [2.45, 2.75) is 39.2 Å². The number of nitrogens with one attached hydrogen (secondary N) is 1. The molecule has 1 fully saturated rings. The van der Waals surface area contributed by atoms with Crippen molar-refractivity contribution >= 4 is 12.0 Å². The van der Waals surface area contributed by atoms with Crippen LogP contribution in [0.2, 0.25) is 0 Å². The number of carbonyl (C=O) groups is 2. The largest absolute Gasteiger partial charge is 0.504 e. The van der Waals surface area contributed by atoms with Crippen LogP contribution in [-0.4, -0.2) is 52.9 Å². The van der Waals surface area contributed by atoms with Crippen LogP contribution in [0, 0.1) is 5.92 Å². The highest BCUT2D eigenvalue weighted by Gasteiger charge is 2.25. The molecule has 1 aromatic rings. The van der Waals surface area contributed by atoms with E-state index in [4.69, 9.17) is 4.74 Å². The lowest BCUT2D eigenvalue weighted by Crippen LogP contribution is -2.47. The summed E-state index contributed by atoms with van der Waals surface area (Å²) >= 11 is 0. The number of hydrogen-bond acceptors (Lipinski definition) is 5. The molecule has 1 saturated heterocycles. The van der Waals surface area contributed by atoms with Gasteiger partial charge in [0.1, 0.15) is 0 Å². The van der Waals surface area contributed by atoms with E-state index < -0.39 is 0 Å². The number of piperidine rings is 1. The van der Waals surface area contributed by atoms with E-state index in [0.29, 0.717) is 39.0 Å². The molecule has 0 bridgehead atoms. The van der Waals surface area contributed by atoms with Gasteiger partial charge in [-0.15, -0.1) is 0 Å². The Bertz CT molecular complexity index is 611. The number of ether oxygens (including phenoxy) is 1. The molecule has 138 valence electrons. The molecule has 3 N–H and O–H groups in total. The van der Waals surface area contributed by atoms with Crippen LogP contribution in [0.1, 0.15) is 32.3 Å². The van der Waals surface area contributed by atoms with Crippen LogP contribution in [0.4, 0.5) is 4.79 Å². The number of amides is 2. The van der Waals surface area contributed by atoms with Crippen molar-refractivity contribution in [3.05, 3.63) is 23.8 Å². The van der Waals surface area contributed by atoms with Gasteiger partial charge in [-0.25, -0.2) is 4.79 Å². The molecule has 2 rings (SSSR count). The third-order valence-corrected chi connectivity index (χ3v) is 4.40. The SMILES string of the molecule is CCOC(=O)N1CCC(NC(=O)C(C)Cc2ccc(O)c(O)c2)CC1. The van der Waals surface area contributed by atoms with Crippen LogP contribution in [-0.2, 0) is 16.0 Å². The van der Waals surface area contributed by atoms with Crippen molar-refractivity contribution in [3.63, 3.8) is 0 Å². The highest BCUT2D eigenvalue weighted by Crippen LogP contribution is 2.26. The quantitative estimate of drug-likeness (QED) is 0.706. The van der Waals surface area contributed by atoms with Crippen molar-refractivity contribution in [1.29, 1.82) is 0 Å². The minimum absolute atomic E-state index is 0.0499. The minimum Gasteiger partial charge on any atom is -0.504 e. The van der Waals surface area contributed by atoms with Gasteiger partial charge in [-0.05, 0) is 43.9 Å². The molecule has 1 unspecified atom stereocenters. The number of likely N-dealkylation sites (tertiary alicyclic amines) is 1. The topological polar surface area (TPSA) is 99.1 Å². The van der Waals surface area contributed by atoms with Crippen LogP contribution in [0.5, 0.6) is 11.5 Å². The first kappa shape index (κ1) is 18.9. The van der Waals surface area contributed by atoms with Gasteiger partial charge in [0.2, 0.25) is 5.91 Å². The number of rotatable bonds is 5. The Balaban J connectivity index is 1.79. The highest BCUT2D eigenvalue weighted by molar-refractivity contribution is 5.79. The average molecular weight is 350 g/mol. The summed E-state index contributed by atoms with van der Waals surface area (Å²) in [5.74, 6) is -0.667. The van der Waals surface area contributed by atoms with E-state index in [0.717, 1.165) is 5.56 Å². The summed E-state index contributed by atoms with van der Waals surface area (Å²) in [4.78, 5) is 25.7. The third-order valence-electron chi connectivity index (χ3n) is 4.40. The second-order valence-corrected chi connectivity index (χ2v) is 6.40. The monoisotopic (exact) mass is 350 g/mol. The van der Waals surface area contributed by atoms with E-state index in [-0.39, 0.29) is 35.5 Å². The standard InChI is InChI=1S/C18H26N2O5/c1-3-25-18(24)20-8-6-14(7-9-20)19-17(23)12(2)10-13-4-5-15(21)16(22)11-13/h4-5,11-12,14,21-22H,3,6-10H2,1-2H3,(H,19,23). The fraction of sp³-hybridized carbons (Fsp3) is 0.556. The van der Waals surface area contributed by atoms with E-state index in [2.05, 4.69) is 5.32 Å². The summed E-state index contributed by atoms with van der Waals surface area (Å²) in [5, 5.41) is 21.9. The zero-order valence-electron chi connectivity index (χ0n) is 14.7. The van der Waals surface area contributed by atoms with Gasteiger partial charge in [0.15, 0.2) is 11.5 Å². The number of phenols is 2. The molecule has 0 saturated carbocycles. The van der Waals surface area contributed by atoms with Gasteiger partial charge in [-0.3, -0.25) is 4.79 Å². The molecule has 1 aliphatic rings. The van der Waals surface area contributed by atoms with Gasteiger partial charge in [-0.2, -0.15) is 0 Å². The van der Waals surface area contributed by atoms with Crippen LogP contribution in [0.25, 0.3) is 0 Å². The average Bonchev–Trinajstić information content (AvgIpc) is 2.59. The van der Waals surface area contributed by atoms with Gasteiger partial charge in [-0.1, -0.05) is 13.0 Å². The maximum absolute atomic E-state index is 12.4.